The highest BCUT2D eigenvalue weighted by Gasteiger charge is 2.23. The quantitative estimate of drug-likeness (QED) is 0.624. The van der Waals surface area contributed by atoms with Crippen LogP contribution in [0.3, 0.4) is 0 Å². The minimum Gasteiger partial charge on any atom is -0.462 e. The first-order valence-electron chi connectivity index (χ1n) is 6.12. The molecule has 96 valence electrons. The Morgan fingerprint density at radius 1 is 1.56 bits per heavy atom. The Hall–Kier alpha value is -1.72. The predicted molar refractivity (Wildman–Crippen MR) is 70.0 cm³/mol. The van der Waals surface area contributed by atoms with Gasteiger partial charge in [0, 0.05) is 29.1 Å². The third kappa shape index (κ3) is 1.81. The van der Waals surface area contributed by atoms with Crippen LogP contribution >= 0.6 is 0 Å². The lowest BCUT2D eigenvalue weighted by molar-refractivity contribution is -0.0147. The Labute approximate surface area is 105 Å². The Bertz CT molecular complexity index is 583. The number of anilines is 1. The average molecular weight is 247 g/mol. The van der Waals surface area contributed by atoms with Crippen molar-refractivity contribution in [1.82, 2.24) is 5.43 Å². The number of aliphatic hydroxyl groups is 1. The number of ether oxygens (including phenoxy) is 1. The molecule has 0 aliphatic carbocycles. The van der Waals surface area contributed by atoms with Gasteiger partial charge in [0.15, 0.2) is 5.75 Å². The van der Waals surface area contributed by atoms with Crippen LogP contribution in [0.1, 0.15) is 13.3 Å². The smallest absolute Gasteiger partial charge is 0.201 e. The zero-order valence-corrected chi connectivity index (χ0v) is 10.3. The van der Waals surface area contributed by atoms with E-state index in [-0.39, 0.29) is 6.04 Å². The first-order chi connectivity index (χ1) is 8.65. The van der Waals surface area contributed by atoms with E-state index in [1.807, 2.05) is 36.3 Å². The molecule has 0 fully saturated rings. The topological polar surface area (TPSA) is 70.8 Å². The van der Waals surface area contributed by atoms with E-state index < -0.39 is 6.29 Å². The molecule has 0 saturated carbocycles. The van der Waals surface area contributed by atoms with Gasteiger partial charge in [-0.15, -0.1) is 0 Å². The lowest BCUT2D eigenvalue weighted by Gasteiger charge is -2.26. The van der Waals surface area contributed by atoms with E-state index in [9.17, 15) is 5.11 Å². The fraction of sp³-hybridized carbons (Fsp3) is 0.385. The molecular weight excluding hydrogens is 230 g/mol. The van der Waals surface area contributed by atoms with E-state index in [0.717, 1.165) is 21.9 Å². The summed E-state index contributed by atoms with van der Waals surface area (Å²) < 4.78 is 5.57. The Morgan fingerprint density at radius 3 is 3.11 bits per heavy atom. The summed E-state index contributed by atoms with van der Waals surface area (Å²) in [5.74, 6) is 0.730. The van der Waals surface area contributed by atoms with Crippen molar-refractivity contribution in [1.29, 1.82) is 0 Å². The van der Waals surface area contributed by atoms with E-state index in [4.69, 9.17) is 10.5 Å². The van der Waals surface area contributed by atoms with Gasteiger partial charge in [0.1, 0.15) is 5.69 Å². The fourth-order valence-electron chi connectivity index (χ4n) is 2.34. The van der Waals surface area contributed by atoms with E-state index in [1.54, 1.807) is 0 Å². The predicted octanol–water partition coefficient (Wildman–Crippen LogP) is -1.02. The van der Waals surface area contributed by atoms with Gasteiger partial charge in [0.05, 0.1) is 6.54 Å². The largest absolute Gasteiger partial charge is 0.462 e. The minimum atomic E-state index is -0.762. The highest BCUT2D eigenvalue weighted by molar-refractivity contribution is 5.67. The lowest BCUT2D eigenvalue weighted by atomic mass is 10.1. The fourth-order valence-corrected chi connectivity index (χ4v) is 2.34. The van der Waals surface area contributed by atoms with Gasteiger partial charge in [0.25, 0.3) is 0 Å². The molecule has 3 rings (SSSR count). The van der Waals surface area contributed by atoms with Crippen LogP contribution in [0.25, 0.3) is 12.3 Å². The highest BCUT2D eigenvalue weighted by atomic mass is 16.6. The molecule has 2 aliphatic heterocycles. The number of hydrazine groups is 1. The highest BCUT2D eigenvalue weighted by Crippen LogP contribution is 2.25. The summed E-state index contributed by atoms with van der Waals surface area (Å²) in [6, 6.07) is 4.10. The molecule has 0 bridgehead atoms. The van der Waals surface area contributed by atoms with Gasteiger partial charge >= 0.3 is 0 Å². The summed E-state index contributed by atoms with van der Waals surface area (Å²) in [6.07, 6.45) is 3.67. The Kier molecular flexibility index (Phi) is 2.65. The van der Waals surface area contributed by atoms with Gasteiger partial charge in [-0.2, -0.15) is 0 Å². The van der Waals surface area contributed by atoms with Gasteiger partial charge < -0.3 is 21.0 Å². The SMILES string of the molecule is CC(N)CN1NC=c2ccc3c(c21)OC(O)CC=3. The molecule has 1 aromatic carbocycles. The standard InChI is InChI=1S/C13H17N3O2/c1-8(14)7-16-12-10(6-15-16)3-2-9-4-5-11(17)18-13(9)12/h2-4,6,8,11,15,17H,5,7,14H2,1H3. The maximum Gasteiger partial charge on any atom is 0.201 e. The summed E-state index contributed by atoms with van der Waals surface area (Å²) in [5.41, 5.74) is 9.97. The van der Waals surface area contributed by atoms with E-state index in [0.29, 0.717) is 13.0 Å². The van der Waals surface area contributed by atoms with Crippen molar-refractivity contribution in [2.75, 3.05) is 11.6 Å². The molecule has 4 N–H and O–H groups in total. The number of rotatable bonds is 2. The monoisotopic (exact) mass is 247 g/mol. The van der Waals surface area contributed by atoms with Crippen LogP contribution in [0.4, 0.5) is 5.69 Å². The van der Waals surface area contributed by atoms with Crippen molar-refractivity contribution in [3.05, 3.63) is 22.6 Å². The molecule has 1 aromatic rings. The number of hydrogen-bond donors (Lipinski definition) is 3. The van der Waals surface area contributed by atoms with Crippen molar-refractivity contribution in [2.45, 2.75) is 25.7 Å². The normalized spacial score (nSPS) is 21.9. The van der Waals surface area contributed by atoms with Crippen LogP contribution in [0.5, 0.6) is 5.75 Å². The molecule has 18 heavy (non-hydrogen) atoms. The van der Waals surface area contributed by atoms with Gasteiger partial charge in [0.2, 0.25) is 6.29 Å². The van der Waals surface area contributed by atoms with Crippen molar-refractivity contribution in [3.8, 4) is 5.75 Å². The van der Waals surface area contributed by atoms with Crippen LogP contribution in [0.2, 0.25) is 0 Å². The van der Waals surface area contributed by atoms with Crippen molar-refractivity contribution >= 4 is 18.0 Å². The molecule has 2 aliphatic rings. The van der Waals surface area contributed by atoms with Crippen LogP contribution in [0.15, 0.2) is 12.1 Å². The molecule has 2 unspecified atom stereocenters. The van der Waals surface area contributed by atoms with E-state index in [1.165, 1.54) is 0 Å². The second-order valence-electron chi connectivity index (χ2n) is 4.80. The molecule has 2 atom stereocenters. The van der Waals surface area contributed by atoms with Crippen molar-refractivity contribution in [2.24, 2.45) is 5.73 Å². The summed E-state index contributed by atoms with van der Waals surface area (Å²) in [6.45, 7) is 2.64. The molecule has 0 amide bonds. The number of nitrogens with two attached hydrogens (primary N) is 1. The number of benzene rings is 1. The molecule has 0 spiro atoms. The third-order valence-electron chi connectivity index (χ3n) is 3.10. The summed E-state index contributed by atoms with van der Waals surface area (Å²) >= 11 is 0. The summed E-state index contributed by atoms with van der Waals surface area (Å²) in [4.78, 5) is 0. The minimum absolute atomic E-state index is 0.0465. The third-order valence-corrected chi connectivity index (χ3v) is 3.10. The summed E-state index contributed by atoms with van der Waals surface area (Å²) in [7, 11) is 0. The molecule has 5 nitrogen and oxygen atoms in total. The molecule has 0 aromatic heterocycles. The molecule has 2 heterocycles. The maximum absolute atomic E-state index is 9.63. The van der Waals surface area contributed by atoms with Crippen LogP contribution in [-0.4, -0.2) is 24.0 Å². The van der Waals surface area contributed by atoms with Crippen molar-refractivity contribution < 1.29 is 9.84 Å². The average Bonchev–Trinajstić information content (AvgIpc) is 2.72. The first kappa shape index (κ1) is 11.4. The lowest BCUT2D eigenvalue weighted by Crippen LogP contribution is -2.41. The second-order valence-corrected chi connectivity index (χ2v) is 4.80. The van der Waals surface area contributed by atoms with Crippen LogP contribution in [0, 0.1) is 0 Å². The molecule has 0 radical (unpaired) electrons. The first-order valence-corrected chi connectivity index (χ1v) is 6.12. The van der Waals surface area contributed by atoms with E-state index in [2.05, 4.69) is 5.43 Å². The second kappa shape index (κ2) is 4.19. The molecule has 5 heteroatoms. The Balaban J connectivity index is 2.09. The van der Waals surface area contributed by atoms with Gasteiger partial charge in [-0.25, -0.2) is 0 Å². The maximum atomic E-state index is 9.63. The van der Waals surface area contributed by atoms with Crippen molar-refractivity contribution in [3.63, 3.8) is 0 Å². The van der Waals surface area contributed by atoms with E-state index >= 15 is 0 Å². The van der Waals surface area contributed by atoms with Gasteiger partial charge in [-0.3, -0.25) is 5.01 Å². The zero-order valence-electron chi connectivity index (χ0n) is 10.3. The van der Waals surface area contributed by atoms with Gasteiger partial charge in [-0.1, -0.05) is 18.2 Å². The van der Waals surface area contributed by atoms with Gasteiger partial charge in [-0.05, 0) is 6.92 Å². The number of nitrogens with one attached hydrogen (secondary N) is 1. The van der Waals surface area contributed by atoms with Crippen LogP contribution < -0.4 is 31.3 Å². The Morgan fingerprint density at radius 2 is 2.33 bits per heavy atom. The number of nitrogens with zero attached hydrogens (tertiary/aromatic N) is 1. The number of fused-ring (bicyclic) bond motifs is 3. The summed E-state index contributed by atoms with van der Waals surface area (Å²) in [5, 5.41) is 13.7. The molecular formula is C13H17N3O2. The zero-order chi connectivity index (χ0) is 12.7. The molecule has 0 saturated heterocycles. The number of aliphatic hydroxyl groups excluding tert-OH is 1. The van der Waals surface area contributed by atoms with Crippen LogP contribution in [-0.2, 0) is 0 Å². The number of hydrogen-bond acceptors (Lipinski definition) is 5.